The van der Waals surface area contributed by atoms with E-state index in [4.69, 9.17) is 5.73 Å². The van der Waals surface area contributed by atoms with Gasteiger partial charge in [0, 0.05) is 7.05 Å². The number of hydrogen-bond donors (Lipinski definition) is 1. The van der Waals surface area contributed by atoms with E-state index in [0.29, 0.717) is 5.56 Å². The molecule has 0 aliphatic carbocycles. The Kier molecular flexibility index (Phi) is 3.52. The van der Waals surface area contributed by atoms with Gasteiger partial charge >= 0.3 is 6.18 Å². The summed E-state index contributed by atoms with van der Waals surface area (Å²) in [5, 5.41) is 3.39. The second-order valence-corrected chi connectivity index (χ2v) is 4.32. The number of amides is 1. The van der Waals surface area contributed by atoms with Crippen LogP contribution in [0.4, 0.5) is 13.2 Å². The number of benzene rings is 1. The van der Waals surface area contributed by atoms with Crippen molar-refractivity contribution in [1.82, 2.24) is 9.78 Å². The van der Waals surface area contributed by atoms with E-state index in [1.54, 1.807) is 30.3 Å². The minimum atomic E-state index is -4.56. The van der Waals surface area contributed by atoms with Gasteiger partial charge in [-0.05, 0) is 11.6 Å². The van der Waals surface area contributed by atoms with Gasteiger partial charge in [0.1, 0.15) is 5.92 Å². The Morgan fingerprint density at radius 2 is 1.90 bits per heavy atom. The van der Waals surface area contributed by atoms with Crippen LogP contribution < -0.4 is 5.73 Å². The number of nitrogens with zero attached hydrogens (tertiary/aromatic N) is 2. The molecule has 0 saturated carbocycles. The standard InChI is InChI=1S/C13H12F3N3O/c1-19-9(7-10(18-19)13(14,15)16)11(12(17)20)8-5-3-2-4-6-8/h2-7,11H,1H3,(H2,17,20). The Bertz CT molecular complexity index is 620. The molecule has 4 nitrogen and oxygen atoms in total. The first kappa shape index (κ1) is 14.1. The Labute approximate surface area is 113 Å². The van der Waals surface area contributed by atoms with Gasteiger partial charge < -0.3 is 5.73 Å². The number of rotatable bonds is 3. The van der Waals surface area contributed by atoms with Crippen LogP contribution in [0.1, 0.15) is 22.9 Å². The minimum Gasteiger partial charge on any atom is -0.369 e. The van der Waals surface area contributed by atoms with E-state index in [2.05, 4.69) is 5.10 Å². The minimum absolute atomic E-state index is 0.107. The van der Waals surface area contributed by atoms with Crippen molar-refractivity contribution in [3.63, 3.8) is 0 Å². The summed E-state index contributed by atoms with van der Waals surface area (Å²) in [6, 6.07) is 9.23. The number of aryl methyl sites for hydroxylation is 1. The second-order valence-electron chi connectivity index (χ2n) is 4.32. The maximum absolute atomic E-state index is 12.7. The lowest BCUT2D eigenvalue weighted by molar-refractivity contribution is -0.141. The van der Waals surface area contributed by atoms with Crippen molar-refractivity contribution in [2.75, 3.05) is 0 Å². The number of carbonyl (C=O) groups excluding carboxylic acids is 1. The van der Waals surface area contributed by atoms with Crippen LogP contribution in [-0.2, 0) is 18.0 Å². The molecular weight excluding hydrogens is 271 g/mol. The van der Waals surface area contributed by atoms with Gasteiger partial charge in [-0.15, -0.1) is 0 Å². The number of carbonyl (C=O) groups is 1. The molecular formula is C13H12F3N3O. The predicted molar refractivity (Wildman–Crippen MR) is 65.7 cm³/mol. The third-order valence-electron chi connectivity index (χ3n) is 2.92. The maximum atomic E-state index is 12.7. The monoisotopic (exact) mass is 283 g/mol. The van der Waals surface area contributed by atoms with E-state index in [1.807, 2.05) is 0 Å². The van der Waals surface area contributed by atoms with Crippen molar-refractivity contribution in [2.24, 2.45) is 12.8 Å². The Morgan fingerprint density at radius 3 is 2.35 bits per heavy atom. The molecule has 0 spiro atoms. The van der Waals surface area contributed by atoms with Gasteiger partial charge in [-0.3, -0.25) is 9.48 Å². The SMILES string of the molecule is Cn1nc(C(F)(F)F)cc1C(C(N)=O)c1ccccc1. The number of nitrogens with two attached hydrogens (primary N) is 1. The van der Waals surface area contributed by atoms with E-state index in [0.717, 1.165) is 10.7 Å². The zero-order chi connectivity index (χ0) is 14.9. The molecule has 1 unspecified atom stereocenters. The molecule has 1 aromatic carbocycles. The van der Waals surface area contributed by atoms with Gasteiger partial charge in [-0.25, -0.2) is 0 Å². The Hall–Kier alpha value is -2.31. The molecule has 1 amide bonds. The Morgan fingerprint density at radius 1 is 1.30 bits per heavy atom. The molecule has 0 saturated heterocycles. The first-order valence-corrected chi connectivity index (χ1v) is 5.76. The molecule has 1 heterocycles. The molecule has 2 rings (SSSR count). The van der Waals surface area contributed by atoms with Crippen molar-refractivity contribution in [1.29, 1.82) is 0 Å². The van der Waals surface area contributed by atoms with Gasteiger partial charge in [-0.1, -0.05) is 30.3 Å². The summed E-state index contributed by atoms with van der Waals surface area (Å²) in [4.78, 5) is 11.6. The first-order chi connectivity index (χ1) is 9.30. The van der Waals surface area contributed by atoms with Gasteiger partial charge in [0.15, 0.2) is 5.69 Å². The number of halogens is 3. The Balaban J connectivity index is 2.52. The highest BCUT2D eigenvalue weighted by Gasteiger charge is 2.36. The first-order valence-electron chi connectivity index (χ1n) is 5.76. The number of hydrogen-bond acceptors (Lipinski definition) is 2. The van der Waals surface area contributed by atoms with E-state index in [1.165, 1.54) is 7.05 Å². The van der Waals surface area contributed by atoms with Gasteiger partial charge in [-0.2, -0.15) is 18.3 Å². The molecule has 1 atom stereocenters. The van der Waals surface area contributed by atoms with Gasteiger partial charge in [0.05, 0.1) is 5.69 Å². The van der Waals surface area contributed by atoms with Crippen molar-refractivity contribution < 1.29 is 18.0 Å². The van der Waals surface area contributed by atoms with E-state index in [9.17, 15) is 18.0 Å². The van der Waals surface area contributed by atoms with Crippen LogP contribution >= 0.6 is 0 Å². The molecule has 0 bridgehead atoms. The highest BCUT2D eigenvalue weighted by atomic mass is 19.4. The van der Waals surface area contributed by atoms with Crippen LogP contribution in [0.15, 0.2) is 36.4 Å². The summed E-state index contributed by atoms with van der Waals surface area (Å²) in [5.74, 6) is -1.70. The molecule has 2 N–H and O–H groups in total. The highest BCUT2D eigenvalue weighted by molar-refractivity contribution is 5.85. The summed E-state index contributed by atoms with van der Waals surface area (Å²) in [7, 11) is 1.35. The molecule has 0 aliphatic rings. The van der Waals surface area contributed by atoms with E-state index < -0.39 is 23.7 Å². The summed E-state index contributed by atoms with van der Waals surface area (Å²) < 4.78 is 39.0. The number of primary amides is 1. The third-order valence-corrected chi connectivity index (χ3v) is 2.92. The predicted octanol–water partition coefficient (Wildman–Crippen LogP) is 2.06. The summed E-state index contributed by atoms with van der Waals surface area (Å²) in [6.07, 6.45) is -4.56. The molecule has 1 aromatic heterocycles. The quantitative estimate of drug-likeness (QED) is 0.937. The maximum Gasteiger partial charge on any atom is 0.435 e. The van der Waals surface area contributed by atoms with Crippen molar-refractivity contribution in [3.8, 4) is 0 Å². The normalized spacial score (nSPS) is 13.2. The third kappa shape index (κ3) is 2.66. The van der Waals surface area contributed by atoms with Crippen LogP contribution in [0.2, 0.25) is 0 Å². The molecule has 0 aliphatic heterocycles. The fourth-order valence-electron chi connectivity index (χ4n) is 2.02. The largest absolute Gasteiger partial charge is 0.435 e. The summed E-state index contributed by atoms with van der Waals surface area (Å²) in [6.45, 7) is 0. The van der Waals surface area contributed by atoms with Crippen molar-refractivity contribution >= 4 is 5.91 Å². The number of alkyl halides is 3. The van der Waals surface area contributed by atoms with Crippen LogP contribution in [0.5, 0.6) is 0 Å². The lowest BCUT2D eigenvalue weighted by Gasteiger charge is -2.13. The average Bonchev–Trinajstić information content (AvgIpc) is 2.73. The number of aromatic nitrogens is 2. The van der Waals surface area contributed by atoms with E-state index >= 15 is 0 Å². The summed E-state index contributed by atoms with van der Waals surface area (Å²) >= 11 is 0. The fraction of sp³-hybridized carbons (Fsp3) is 0.231. The lowest BCUT2D eigenvalue weighted by atomic mass is 9.95. The fourth-order valence-corrected chi connectivity index (χ4v) is 2.02. The van der Waals surface area contributed by atoms with E-state index in [-0.39, 0.29) is 5.69 Å². The van der Waals surface area contributed by atoms with Gasteiger partial charge in [0.2, 0.25) is 5.91 Å². The van der Waals surface area contributed by atoms with Crippen LogP contribution in [-0.4, -0.2) is 15.7 Å². The highest BCUT2D eigenvalue weighted by Crippen LogP contribution is 2.32. The molecule has 20 heavy (non-hydrogen) atoms. The zero-order valence-electron chi connectivity index (χ0n) is 10.6. The smallest absolute Gasteiger partial charge is 0.369 e. The second kappa shape index (κ2) is 4.99. The lowest BCUT2D eigenvalue weighted by Crippen LogP contribution is -2.24. The molecule has 0 radical (unpaired) electrons. The van der Waals surface area contributed by atoms with Crippen LogP contribution in [0, 0.1) is 0 Å². The molecule has 106 valence electrons. The topological polar surface area (TPSA) is 60.9 Å². The van der Waals surface area contributed by atoms with Crippen LogP contribution in [0.3, 0.4) is 0 Å². The van der Waals surface area contributed by atoms with Gasteiger partial charge in [0.25, 0.3) is 0 Å². The zero-order valence-corrected chi connectivity index (χ0v) is 10.6. The van der Waals surface area contributed by atoms with Crippen molar-refractivity contribution in [3.05, 3.63) is 53.3 Å². The molecule has 0 fully saturated rings. The summed E-state index contributed by atoms with van der Waals surface area (Å²) in [5.41, 5.74) is 4.91. The average molecular weight is 283 g/mol. The molecule has 7 heteroatoms. The van der Waals surface area contributed by atoms with Crippen LogP contribution in [0.25, 0.3) is 0 Å². The molecule has 2 aromatic rings. The van der Waals surface area contributed by atoms with Crippen molar-refractivity contribution in [2.45, 2.75) is 12.1 Å².